The normalized spacial score (nSPS) is 12.6. The number of carbonyl (C=O) groups excluding carboxylic acids is 3. The maximum Gasteiger partial charge on any atom is 1.00 e. The number of amides is 1. The summed E-state index contributed by atoms with van der Waals surface area (Å²) in [5.41, 5.74) is 4.48. The maximum atomic E-state index is 13.6. The summed E-state index contributed by atoms with van der Waals surface area (Å²) in [7, 11) is -8.88. The topological polar surface area (TPSA) is 230 Å². The molecule has 0 bridgehead atoms. The number of hydrogen-bond donors (Lipinski definition) is 3. The molecule has 0 unspecified atom stereocenters. The molecule has 1 aliphatic carbocycles. The van der Waals surface area contributed by atoms with Crippen molar-refractivity contribution in [3.63, 3.8) is 0 Å². The summed E-state index contributed by atoms with van der Waals surface area (Å²) in [4.78, 5) is 48.0. The van der Waals surface area contributed by atoms with E-state index in [4.69, 9.17) is 28.9 Å². The zero-order valence-electron chi connectivity index (χ0n) is 25.8. The monoisotopic (exact) mass is 763 g/mol. The van der Waals surface area contributed by atoms with Crippen molar-refractivity contribution in [1.82, 2.24) is 14.9 Å². The first-order valence-corrected chi connectivity index (χ1v) is 17.4. The van der Waals surface area contributed by atoms with E-state index in [1.54, 1.807) is 0 Å². The van der Waals surface area contributed by atoms with Crippen LogP contribution in [0.15, 0.2) is 76.5 Å². The molecule has 250 valence electrons. The third kappa shape index (κ3) is 6.86. The SMILES string of the molecule is CN(Cc1ccc(Nc2cc(S(=O)(=O)[O-])c(N)c3c2C(=O)c2ccccc2C3=O)c(S(=O)(=O)O)c1)C(=O)c1ccc2nc(Cl)c(Cl)nc2c1.[Na+]. The van der Waals surface area contributed by atoms with Crippen LogP contribution < -0.4 is 40.6 Å². The second kappa shape index (κ2) is 13.6. The molecule has 1 aromatic heterocycles. The summed E-state index contributed by atoms with van der Waals surface area (Å²) in [6, 6.07) is 14.5. The van der Waals surface area contributed by atoms with Crippen LogP contribution in [0.1, 0.15) is 47.8 Å². The predicted octanol–water partition coefficient (Wildman–Crippen LogP) is 1.46. The van der Waals surface area contributed by atoms with Gasteiger partial charge in [-0.2, -0.15) is 8.42 Å². The molecule has 50 heavy (non-hydrogen) atoms. The molecular formula is C31H20Cl2N5NaO9S2. The molecule has 14 nitrogen and oxygen atoms in total. The van der Waals surface area contributed by atoms with Gasteiger partial charge in [0.25, 0.3) is 16.0 Å². The average molecular weight is 765 g/mol. The summed E-state index contributed by atoms with van der Waals surface area (Å²) in [6.45, 7) is -0.160. The minimum absolute atomic E-state index is 0. The average Bonchev–Trinajstić information content (AvgIpc) is 3.03. The van der Waals surface area contributed by atoms with Crippen LogP contribution in [0, 0.1) is 0 Å². The molecule has 1 heterocycles. The van der Waals surface area contributed by atoms with Gasteiger partial charge in [-0.3, -0.25) is 18.9 Å². The number of fused-ring (bicyclic) bond motifs is 3. The number of nitrogens with zero attached hydrogens (tertiary/aromatic N) is 3. The van der Waals surface area contributed by atoms with Crippen molar-refractivity contribution in [3.05, 3.63) is 110 Å². The molecule has 1 aliphatic rings. The number of hydrogen-bond acceptors (Lipinski definition) is 12. The van der Waals surface area contributed by atoms with Crippen LogP contribution in [0.25, 0.3) is 11.0 Å². The Morgan fingerprint density at radius 3 is 2.06 bits per heavy atom. The maximum absolute atomic E-state index is 13.6. The Kier molecular flexibility index (Phi) is 10.2. The van der Waals surface area contributed by atoms with Gasteiger partial charge < -0.3 is 20.5 Å². The first-order valence-electron chi connectivity index (χ1n) is 13.8. The second-order valence-electron chi connectivity index (χ2n) is 10.8. The zero-order chi connectivity index (χ0) is 35.6. The molecule has 4 aromatic carbocycles. The van der Waals surface area contributed by atoms with Gasteiger partial charge >= 0.3 is 29.6 Å². The molecule has 0 radical (unpaired) electrons. The summed E-state index contributed by atoms with van der Waals surface area (Å²) in [6.07, 6.45) is 0. The second-order valence-corrected chi connectivity index (χ2v) is 14.3. The number of halogens is 2. The van der Waals surface area contributed by atoms with E-state index >= 15 is 0 Å². The molecule has 0 fully saturated rings. The number of rotatable bonds is 7. The van der Waals surface area contributed by atoms with Gasteiger partial charge in [-0.15, -0.1) is 0 Å². The minimum atomic E-state index is -5.31. The van der Waals surface area contributed by atoms with Crippen LogP contribution in [0.5, 0.6) is 0 Å². The van der Waals surface area contributed by atoms with Gasteiger partial charge in [-0.1, -0.05) is 53.5 Å². The van der Waals surface area contributed by atoms with Gasteiger partial charge in [-0.05, 0) is 42.0 Å². The first-order chi connectivity index (χ1) is 23.0. The zero-order valence-corrected chi connectivity index (χ0v) is 30.9. The van der Waals surface area contributed by atoms with E-state index in [0.717, 1.165) is 12.1 Å². The van der Waals surface area contributed by atoms with E-state index in [9.17, 15) is 40.3 Å². The number of benzene rings is 4. The van der Waals surface area contributed by atoms with Crippen molar-refractivity contribution in [2.24, 2.45) is 0 Å². The Hall–Kier alpha value is -3.97. The van der Waals surface area contributed by atoms with Crippen molar-refractivity contribution in [1.29, 1.82) is 0 Å². The van der Waals surface area contributed by atoms with Crippen LogP contribution in [0.2, 0.25) is 10.3 Å². The summed E-state index contributed by atoms with van der Waals surface area (Å²) in [5, 5.41) is 2.54. The van der Waals surface area contributed by atoms with Gasteiger partial charge in [0, 0.05) is 30.3 Å². The van der Waals surface area contributed by atoms with Crippen LogP contribution in [0.3, 0.4) is 0 Å². The van der Waals surface area contributed by atoms with Crippen LogP contribution in [-0.4, -0.2) is 65.3 Å². The van der Waals surface area contributed by atoms with Crippen LogP contribution >= 0.6 is 23.2 Å². The van der Waals surface area contributed by atoms with Crippen molar-refractivity contribution >= 4 is 89.0 Å². The van der Waals surface area contributed by atoms with E-state index < -0.39 is 70.0 Å². The third-order valence-corrected chi connectivity index (χ3v) is 10.1. The summed E-state index contributed by atoms with van der Waals surface area (Å²) >= 11 is 11.9. The Balaban J connectivity index is 0.00000486. The van der Waals surface area contributed by atoms with Crippen molar-refractivity contribution in [2.75, 3.05) is 18.1 Å². The molecule has 0 spiro atoms. The molecule has 6 rings (SSSR count). The molecule has 0 atom stereocenters. The molecule has 0 saturated carbocycles. The van der Waals surface area contributed by atoms with E-state index in [0.29, 0.717) is 11.0 Å². The van der Waals surface area contributed by atoms with E-state index in [1.807, 2.05) is 0 Å². The van der Waals surface area contributed by atoms with Gasteiger partial charge in [0.15, 0.2) is 21.9 Å². The fourth-order valence-corrected chi connectivity index (χ4v) is 7.03. The molecule has 19 heteroatoms. The number of carbonyl (C=O) groups is 3. The summed E-state index contributed by atoms with van der Waals surface area (Å²) < 4.78 is 71.8. The number of anilines is 3. The molecule has 0 saturated heterocycles. The largest absolute Gasteiger partial charge is 1.00 e. The molecule has 4 N–H and O–H groups in total. The minimum Gasteiger partial charge on any atom is -0.744 e. The quantitative estimate of drug-likeness (QED) is 0.119. The van der Waals surface area contributed by atoms with Crippen molar-refractivity contribution in [3.8, 4) is 0 Å². The van der Waals surface area contributed by atoms with E-state index in [-0.39, 0.29) is 74.3 Å². The van der Waals surface area contributed by atoms with Gasteiger partial charge in [-0.25, -0.2) is 18.4 Å². The number of nitrogens with one attached hydrogen (secondary N) is 1. The van der Waals surface area contributed by atoms with E-state index in [1.165, 1.54) is 66.5 Å². The third-order valence-electron chi connectivity index (χ3n) is 7.66. The molecule has 1 amide bonds. The Labute approximate surface area is 316 Å². The first kappa shape index (κ1) is 37.3. The van der Waals surface area contributed by atoms with Crippen LogP contribution in [0.4, 0.5) is 17.1 Å². The Morgan fingerprint density at radius 2 is 1.46 bits per heavy atom. The van der Waals surface area contributed by atoms with Gasteiger partial charge in [0.1, 0.15) is 15.0 Å². The Bertz CT molecular complexity index is 2530. The molecular weight excluding hydrogens is 744 g/mol. The predicted molar refractivity (Wildman–Crippen MR) is 177 cm³/mol. The van der Waals surface area contributed by atoms with Gasteiger partial charge in [0.2, 0.25) is 0 Å². The smallest absolute Gasteiger partial charge is 0.744 e. The number of ketones is 2. The fourth-order valence-electron chi connectivity index (χ4n) is 5.44. The molecule has 5 aromatic rings. The van der Waals surface area contributed by atoms with Crippen LogP contribution in [-0.2, 0) is 26.8 Å². The van der Waals surface area contributed by atoms with Crippen molar-refractivity contribution < 1.29 is 69.9 Å². The Morgan fingerprint density at radius 1 is 0.860 bits per heavy atom. The number of nitrogens with two attached hydrogens (primary N) is 1. The standard InChI is InChI=1S/C31H21Cl2N5O9S2.Na/c1-38(31(41)15-7-9-18-20(11-15)37-30(33)29(32)36-18)13-14-6-8-19(22(10-14)48(42,43)44)35-21-12-23(49(45,46)47)26(34)25-24(21)27(39)16-4-2-3-5-17(16)28(25)40;/h2-12,35H,13,34H2,1H3,(H,42,43,44)(H,45,46,47);/q;+1/p-1. The number of aromatic nitrogens is 2. The summed E-state index contributed by atoms with van der Waals surface area (Å²) in [5.74, 6) is -2.09. The number of nitrogen functional groups attached to an aromatic ring is 1. The fraction of sp³-hybridized carbons (Fsp3) is 0.0645. The van der Waals surface area contributed by atoms with E-state index in [2.05, 4.69) is 15.3 Å². The van der Waals surface area contributed by atoms with Gasteiger partial charge in [0.05, 0.1) is 44.1 Å². The molecule has 0 aliphatic heterocycles. The van der Waals surface area contributed by atoms with Crippen molar-refractivity contribution in [2.45, 2.75) is 16.3 Å².